The fourth-order valence-corrected chi connectivity index (χ4v) is 4.35. The highest BCUT2D eigenvalue weighted by atomic mass is 32.2. The van der Waals surface area contributed by atoms with Crippen molar-refractivity contribution in [2.24, 2.45) is 5.92 Å². The number of hydrogen-bond acceptors (Lipinski definition) is 4. The van der Waals surface area contributed by atoms with Gasteiger partial charge in [0.2, 0.25) is 0 Å². The highest BCUT2D eigenvalue weighted by Crippen LogP contribution is 2.38. The average Bonchev–Trinajstić information content (AvgIpc) is 2.63. The molecule has 1 aromatic heterocycles. The van der Waals surface area contributed by atoms with Crippen molar-refractivity contribution >= 4 is 15.9 Å². The molecule has 0 bridgehead atoms. The van der Waals surface area contributed by atoms with E-state index in [-0.39, 0.29) is 11.8 Å². The Bertz CT molecular complexity index is 875. The van der Waals surface area contributed by atoms with Crippen LogP contribution in [0.2, 0.25) is 0 Å². The van der Waals surface area contributed by atoms with Gasteiger partial charge in [-0.1, -0.05) is 12.1 Å². The van der Waals surface area contributed by atoms with Gasteiger partial charge in [0.25, 0.3) is 0 Å². The summed E-state index contributed by atoms with van der Waals surface area (Å²) in [6.45, 7) is 0.987. The molecule has 0 saturated carbocycles. The Hall–Kier alpha value is -2.41. The van der Waals surface area contributed by atoms with Crippen LogP contribution >= 0.6 is 0 Å². The second-order valence-corrected chi connectivity index (χ2v) is 8.73. The molecule has 0 aliphatic carbocycles. The van der Waals surface area contributed by atoms with Crippen LogP contribution in [0.5, 0.6) is 0 Å². The van der Waals surface area contributed by atoms with Gasteiger partial charge in [0.1, 0.15) is 0 Å². The standard InChI is InChI=1S/C19H22N2O4S/c1-26(24,25)17-4-2-3-16(13-17)18(14-5-9-20-10-6-14)15-7-11-21(12-8-15)19(22)23/h2-6,9-10,13,15,18H,7-8,11-12H2,1H3,(H,22,23)/t18-/m1/s1. The number of carboxylic acid groups (broad SMARTS) is 1. The predicted molar refractivity (Wildman–Crippen MR) is 98.0 cm³/mol. The molecule has 6 nitrogen and oxygen atoms in total. The van der Waals surface area contributed by atoms with E-state index >= 15 is 0 Å². The normalized spacial score (nSPS) is 17.0. The lowest BCUT2D eigenvalue weighted by molar-refractivity contribution is 0.122. The fourth-order valence-electron chi connectivity index (χ4n) is 3.67. The maximum atomic E-state index is 12.0. The predicted octanol–water partition coefficient (Wildman–Crippen LogP) is 3.01. The number of hydrogen-bond donors (Lipinski definition) is 1. The van der Waals surface area contributed by atoms with Gasteiger partial charge in [0, 0.05) is 37.7 Å². The number of amides is 1. The highest BCUT2D eigenvalue weighted by Gasteiger charge is 2.30. The zero-order valence-corrected chi connectivity index (χ0v) is 15.4. The summed E-state index contributed by atoms with van der Waals surface area (Å²) in [5.74, 6) is 0.249. The number of likely N-dealkylation sites (tertiary alicyclic amines) is 1. The molecule has 1 aliphatic heterocycles. The summed E-state index contributed by atoms with van der Waals surface area (Å²) < 4.78 is 23.9. The molecule has 1 aliphatic rings. The van der Waals surface area contributed by atoms with E-state index in [1.165, 1.54) is 11.2 Å². The molecule has 1 N–H and O–H groups in total. The molecule has 2 heterocycles. The molecule has 1 aromatic carbocycles. The quantitative estimate of drug-likeness (QED) is 0.889. The number of carbonyl (C=O) groups is 1. The zero-order chi connectivity index (χ0) is 18.7. The minimum atomic E-state index is -3.29. The van der Waals surface area contributed by atoms with Crippen molar-refractivity contribution in [2.45, 2.75) is 23.7 Å². The Morgan fingerprint density at radius 2 is 1.81 bits per heavy atom. The van der Waals surface area contributed by atoms with Crippen LogP contribution < -0.4 is 0 Å². The molecule has 0 radical (unpaired) electrons. The summed E-state index contributed by atoms with van der Waals surface area (Å²) in [6, 6.07) is 11.0. The summed E-state index contributed by atoms with van der Waals surface area (Å²) >= 11 is 0. The molecule has 26 heavy (non-hydrogen) atoms. The van der Waals surface area contributed by atoms with Crippen molar-refractivity contribution in [1.82, 2.24) is 9.88 Å². The Morgan fingerprint density at radius 3 is 2.38 bits per heavy atom. The molecule has 3 rings (SSSR count). The molecular formula is C19H22N2O4S. The zero-order valence-electron chi connectivity index (χ0n) is 14.6. The molecule has 1 atom stereocenters. The van der Waals surface area contributed by atoms with Crippen molar-refractivity contribution in [3.63, 3.8) is 0 Å². The maximum absolute atomic E-state index is 12.0. The van der Waals surface area contributed by atoms with Crippen LogP contribution in [0.1, 0.15) is 29.9 Å². The Kier molecular flexibility index (Phi) is 5.27. The van der Waals surface area contributed by atoms with Gasteiger partial charge in [-0.05, 0) is 54.2 Å². The number of aromatic nitrogens is 1. The van der Waals surface area contributed by atoms with Crippen LogP contribution in [0.3, 0.4) is 0 Å². The minimum absolute atomic E-state index is 0.00986. The first-order chi connectivity index (χ1) is 12.4. The lowest BCUT2D eigenvalue weighted by Crippen LogP contribution is -2.39. The Labute approximate surface area is 153 Å². The van der Waals surface area contributed by atoms with Crippen LogP contribution in [0.25, 0.3) is 0 Å². The van der Waals surface area contributed by atoms with Gasteiger partial charge in [-0.25, -0.2) is 13.2 Å². The van der Waals surface area contributed by atoms with E-state index in [1.54, 1.807) is 30.6 Å². The lowest BCUT2D eigenvalue weighted by Gasteiger charge is -2.35. The van der Waals surface area contributed by atoms with Crippen LogP contribution in [0.4, 0.5) is 4.79 Å². The third kappa shape index (κ3) is 4.04. The molecule has 138 valence electrons. The summed E-state index contributed by atoms with van der Waals surface area (Å²) in [7, 11) is -3.29. The first-order valence-electron chi connectivity index (χ1n) is 8.54. The summed E-state index contributed by atoms with van der Waals surface area (Å²) in [6.07, 6.45) is 5.26. The van der Waals surface area contributed by atoms with Gasteiger partial charge in [-0.3, -0.25) is 4.98 Å². The lowest BCUT2D eigenvalue weighted by atomic mass is 9.76. The van der Waals surface area contributed by atoms with Crippen molar-refractivity contribution in [1.29, 1.82) is 0 Å². The molecule has 7 heteroatoms. The van der Waals surface area contributed by atoms with Gasteiger partial charge < -0.3 is 10.0 Å². The number of benzene rings is 1. The molecule has 0 unspecified atom stereocenters. The van der Waals surface area contributed by atoms with Crippen LogP contribution in [0, 0.1) is 5.92 Å². The smallest absolute Gasteiger partial charge is 0.407 e. The van der Waals surface area contributed by atoms with Crippen molar-refractivity contribution in [2.75, 3.05) is 19.3 Å². The third-order valence-corrected chi connectivity index (χ3v) is 6.10. The summed E-state index contributed by atoms with van der Waals surface area (Å²) in [5.41, 5.74) is 2.01. The van der Waals surface area contributed by atoms with Gasteiger partial charge in [-0.15, -0.1) is 0 Å². The van der Waals surface area contributed by atoms with Gasteiger partial charge in [0.05, 0.1) is 4.90 Å². The number of rotatable bonds is 4. The second-order valence-electron chi connectivity index (χ2n) is 6.71. The molecular weight excluding hydrogens is 352 g/mol. The first-order valence-corrected chi connectivity index (χ1v) is 10.4. The van der Waals surface area contributed by atoms with E-state index in [1.807, 2.05) is 18.2 Å². The third-order valence-electron chi connectivity index (χ3n) is 4.99. The first kappa shape index (κ1) is 18.4. The van der Waals surface area contributed by atoms with Crippen LogP contribution in [-0.2, 0) is 9.84 Å². The van der Waals surface area contributed by atoms with E-state index in [0.717, 1.165) is 24.0 Å². The number of sulfone groups is 1. The Morgan fingerprint density at radius 1 is 1.15 bits per heavy atom. The number of nitrogens with zero attached hydrogens (tertiary/aromatic N) is 2. The van der Waals surface area contributed by atoms with Gasteiger partial charge >= 0.3 is 6.09 Å². The van der Waals surface area contributed by atoms with Crippen LogP contribution in [0.15, 0.2) is 53.7 Å². The monoisotopic (exact) mass is 374 g/mol. The summed E-state index contributed by atoms with van der Waals surface area (Å²) in [5, 5.41) is 9.17. The Balaban J connectivity index is 1.97. The topological polar surface area (TPSA) is 87.6 Å². The van der Waals surface area contributed by atoms with E-state index in [9.17, 15) is 18.3 Å². The molecule has 2 aromatic rings. The van der Waals surface area contributed by atoms with Crippen molar-refractivity contribution in [3.8, 4) is 0 Å². The van der Waals surface area contributed by atoms with Crippen molar-refractivity contribution in [3.05, 3.63) is 59.9 Å². The molecule has 0 spiro atoms. The second kappa shape index (κ2) is 7.45. The fraction of sp³-hybridized carbons (Fsp3) is 0.368. The van der Waals surface area contributed by atoms with E-state index in [2.05, 4.69) is 4.98 Å². The number of piperidine rings is 1. The SMILES string of the molecule is CS(=O)(=O)c1cccc([C@H](c2ccncc2)C2CCN(C(=O)O)CC2)c1. The van der Waals surface area contributed by atoms with E-state index in [0.29, 0.717) is 18.0 Å². The summed E-state index contributed by atoms with van der Waals surface area (Å²) in [4.78, 5) is 17.0. The maximum Gasteiger partial charge on any atom is 0.407 e. The minimum Gasteiger partial charge on any atom is -0.465 e. The molecule has 1 amide bonds. The van der Waals surface area contributed by atoms with Gasteiger partial charge in [-0.2, -0.15) is 0 Å². The molecule has 1 fully saturated rings. The number of pyridine rings is 1. The van der Waals surface area contributed by atoms with Crippen LogP contribution in [-0.4, -0.2) is 48.8 Å². The highest BCUT2D eigenvalue weighted by molar-refractivity contribution is 7.90. The average molecular weight is 374 g/mol. The van der Waals surface area contributed by atoms with E-state index in [4.69, 9.17) is 0 Å². The van der Waals surface area contributed by atoms with Gasteiger partial charge in [0.15, 0.2) is 9.84 Å². The van der Waals surface area contributed by atoms with E-state index < -0.39 is 15.9 Å². The molecule has 1 saturated heterocycles. The largest absolute Gasteiger partial charge is 0.465 e. The van der Waals surface area contributed by atoms with Crippen molar-refractivity contribution < 1.29 is 18.3 Å².